The zero-order chi connectivity index (χ0) is 20.2. The van der Waals surface area contributed by atoms with Crippen LogP contribution in [0.25, 0.3) is 0 Å². The van der Waals surface area contributed by atoms with Gasteiger partial charge in [0.1, 0.15) is 5.92 Å². The van der Waals surface area contributed by atoms with Crippen molar-refractivity contribution in [2.75, 3.05) is 13.7 Å². The first-order chi connectivity index (χ1) is 11.9. The van der Waals surface area contributed by atoms with E-state index in [2.05, 4.69) is 33.9 Å². The number of ether oxygens (including phenoxy) is 1. The average molecular weight is 379 g/mol. The van der Waals surface area contributed by atoms with Gasteiger partial charge in [-0.1, -0.05) is 20.8 Å². The van der Waals surface area contributed by atoms with E-state index in [1.165, 1.54) is 7.11 Å². The van der Waals surface area contributed by atoms with Crippen molar-refractivity contribution in [2.45, 2.75) is 71.5 Å². The van der Waals surface area contributed by atoms with Gasteiger partial charge in [0.15, 0.2) is 8.32 Å². The topological polar surface area (TPSA) is 83.1 Å². The third-order valence-electron chi connectivity index (χ3n) is 6.66. The molecule has 0 amide bonds. The van der Waals surface area contributed by atoms with Crippen LogP contribution in [0.3, 0.4) is 0 Å². The Labute approximate surface area is 159 Å². The van der Waals surface area contributed by atoms with Crippen molar-refractivity contribution in [2.24, 2.45) is 23.2 Å². The highest BCUT2D eigenvalue weighted by atomic mass is 28.4. The molecule has 1 atom stereocenters. The number of carbonyl (C=O) groups is 1. The predicted molar refractivity (Wildman–Crippen MR) is 103 cm³/mol. The van der Waals surface area contributed by atoms with Gasteiger partial charge >= 0.3 is 5.97 Å². The summed E-state index contributed by atoms with van der Waals surface area (Å²) in [6, 6.07) is 3.99. The van der Waals surface area contributed by atoms with Crippen LogP contribution in [-0.2, 0) is 14.0 Å². The second-order valence-corrected chi connectivity index (χ2v) is 14.1. The normalized spacial score (nSPS) is 23.6. The molecule has 0 aromatic heterocycles. The first-order valence-electron chi connectivity index (χ1n) is 9.45. The monoisotopic (exact) mass is 378 g/mol. The molecule has 1 saturated carbocycles. The molecule has 0 radical (unpaired) electrons. The van der Waals surface area contributed by atoms with E-state index < -0.39 is 25.6 Å². The third kappa shape index (κ3) is 4.67. The SMILES string of the molecule is COC(=O)C(C)(C(C#N)C#N)C1CCC(CO[Si](C)(C)C(C)(C)C)CC1. The molecule has 1 aliphatic carbocycles. The summed E-state index contributed by atoms with van der Waals surface area (Å²) >= 11 is 0. The highest BCUT2D eigenvalue weighted by Crippen LogP contribution is 2.46. The number of hydrogen-bond acceptors (Lipinski definition) is 5. The Hall–Kier alpha value is -1.37. The van der Waals surface area contributed by atoms with Gasteiger partial charge in [0.25, 0.3) is 0 Å². The van der Waals surface area contributed by atoms with Crippen molar-refractivity contribution >= 4 is 14.3 Å². The van der Waals surface area contributed by atoms with Gasteiger partial charge in [-0.25, -0.2) is 0 Å². The number of hydrogen-bond donors (Lipinski definition) is 0. The van der Waals surface area contributed by atoms with Crippen molar-refractivity contribution in [1.82, 2.24) is 0 Å². The Morgan fingerprint density at radius 1 is 1.12 bits per heavy atom. The Kier molecular flexibility index (Phi) is 7.45. The molecule has 6 heteroatoms. The summed E-state index contributed by atoms with van der Waals surface area (Å²) in [6.45, 7) is 13.7. The maximum Gasteiger partial charge on any atom is 0.314 e. The van der Waals surface area contributed by atoms with Crippen LogP contribution in [0, 0.1) is 45.8 Å². The van der Waals surface area contributed by atoms with E-state index >= 15 is 0 Å². The van der Waals surface area contributed by atoms with Gasteiger partial charge in [-0.05, 0) is 62.6 Å². The lowest BCUT2D eigenvalue weighted by Crippen LogP contribution is -2.45. The Morgan fingerprint density at radius 2 is 1.62 bits per heavy atom. The lowest BCUT2D eigenvalue weighted by molar-refractivity contribution is -0.158. The fraction of sp³-hybridized carbons (Fsp3) is 0.850. The summed E-state index contributed by atoms with van der Waals surface area (Å²) in [5, 5.41) is 18.9. The van der Waals surface area contributed by atoms with Gasteiger partial charge in [-0.3, -0.25) is 4.79 Å². The van der Waals surface area contributed by atoms with Gasteiger partial charge in [0.2, 0.25) is 0 Å². The Morgan fingerprint density at radius 3 is 2.00 bits per heavy atom. The summed E-state index contributed by atoms with van der Waals surface area (Å²) in [4.78, 5) is 12.4. The molecule has 26 heavy (non-hydrogen) atoms. The van der Waals surface area contributed by atoms with Crippen LogP contribution in [-0.4, -0.2) is 28.0 Å². The molecule has 0 aromatic rings. The van der Waals surface area contributed by atoms with Crippen LogP contribution < -0.4 is 0 Å². The number of nitrogens with zero attached hydrogens (tertiary/aromatic N) is 2. The van der Waals surface area contributed by atoms with E-state index in [-0.39, 0.29) is 11.0 Å². The highest BCUT2D eigenvalue weighted by molar-refractivity contribution is 6.74. The van der Waals surface area contributed by atoms with Gasteiger partial charge < -0.3 is 9.16 Å². The maximum atomic E-state index is 12.4. The number of esters is 1. The van der Waals surface area contributed by atoms with Crippen LogP contribution in [0.1, 0.15) is 53.4 Å². The number of methoxy groups -OCH3 is 1. The summed E-state index contributed by atoms with van der Waals surface area (Å²) < 4.78 is 11.3. The van der Waals surface area contributed by atoms with Crippen molar-refractivity contribution in [3.63, 3.8) is 0 Å². The van der Waals surface area contributed by atoms with Gasteiger partial charge in [-0.15, -0.1) is 0 Å². The van der Waals surface area contributed by atoms with E-state index in [0.717, 1.165) is 32.3 Å². The summed E-state index contributed by atoms with van der Waals surface area (Å²) in [5.41, 5.74) is -1.07. The zero-order valence-corrected chi connectivity index (χ0v) is 18.4. The second-order valence-electron chi connectivity index (χ2n) is 9.25. The van der Waals surface area contributed by atoms with Gasteiger partial charge in [-0.2, -0.15) is 10.5 Å². The van der Waals surface area contributed by atoms with E-state index in [1.807, 2.05) is 12.1 Å². The molecule has 5 nitrogen and oxygen atoms in total. The minimum absolute atomic E-state index is 0.0108. The van der Waals surface area contributed by atoms with Crippen LogP contribution >= 0.6 is 0 Å². The van der Waals surface area contributed by atoms with E-state index in [0.29, 0.717) is 5.92 Å². The van der Waals surface area contributed by atoms with E-state index in [4.69, 9.17) is 9.16 Å². The average Bonchev–Trinajstić information content (AvgIpc) is 2.59. The molecule has 0 aliphatic heterocycles. The quantitative estimate of drug-likeness (QED) is 0.496. The fourth-order valence-electron chi connectivity index (χ4n) is 3.51. The standard InChI is InChI=1S/C20H34N2O3Si/c1-19(2,3)26(6,7)25-14-15-8-10-16(11-9-15)20(4,18(23)24-5)17(12-21)13-22/h15-17H,8-11,14H2,1-7H3. The smallest absolute Gasteiger partial charge is 0.314 e. The number of carbonyl (C=O) groups excluding carboxylic acids is 1. The lowest BCUT2D eigenvalue weighted by Gasteiger charge is -2.41. The van der Waals surface area contributed by atoms with Gasteiger partial charge in [0.05, 0.1) is 24.7 Å². The van der Waals surface area contributed by atoms with Crippen molar-refractivity contribution in [1.29, 1.82) is 10.5 Å². The summed E-state index contributed by atoms with van der Waals surface area (Å²) in [5.74, 6) is -0.972. The minimum Gasteiger partial charge on any atom is -0.469 e. The molecule has 1 unspecified atom stereocenters. The largest absolute Gasteiger partial charge is 0.469 e. The first kappa shape index (κ1) is 22.7. The van der Waals surface area contributed by atoms with Crippen LogP contribution in [0.2, 0.25) is 18.1 Å². The van der Waals surface area contributed by atoms with Crippen LogP contribution in [0.15, 0.2) is 0 Å². The fourth-order valence-corrected chi connectivity index (χ4v) is 4.59. The first-order valence-corrected chi connectivity index (χ1v) is 12.4. The third-order valence-corrected chi connectivity index (χ3v) is 11.2. The van der Waals surface area contributed by atoms with Crippen LogP contribution in [0.4, 0.5) is 0 Å². The molecule has 1 rings (SSSR count). The minimum atomic E-state index is -1.76. The second kappa shape index (κ2) is 8.54. The van der Waals surface area contributed by atoms with E-state index in [1.54, 1.807) is 6.92 Å². The molecule has 1 fully saturated rings. The molecule has 0 aromatic carbocycles. The highest BCUT2D eigenvalue weighted by Gasteiger charge is 2.50. The molecular weight excluding hydrogens is 344 g/mol. The molecule has 0 heterocycles. The predicted octanol–water partition coefficient (Wildman–Crippen LogP) is 4.66. The molecule has 146 valence electrons. The molecule has 0 spiro atoms. The van der Waals surface area contributed by atoms with Crippen LogP contribution in [0.5, 0.6) is 0 Å². The lowest BCUT2D eigenvalue weighted by atomic mass is 9.62. The maximum absolute atomic E-state index is 12.4. The van der Waals surface area contributed by atoms with E-state index in [9.17, 15) is 15.3 Å². The Bertz CT molecular complexity index is 563. The molecule has 1 aliphatic rings. The molecule has 0 bridgehead atoms. The van der Waals surface area contributed by atoms with Crippen molar-refractivity contribution < 1.29 is 14.0 Å². The molecule has 0 saturated heterocycles. The summed E-state index contributed by atoms with van der Waals surface area (Å²) in [7, 11) is -0.431. The molecular formula is C20H34N2O3Si. The molecule has 0 N–H and O–H groups in total. The van der Waals surface area contributed by atoms with Crippen molar-refractivity contribution in [3.05, 3.63) is 0 Å². The zero-order valence-electron chi connectivity index (χ0n) is 17.4. The van der Waals surface area contributed by atoms with Gasteiger partial charge in [0, 0.05) is 6.61 Å². The summed E-state index contributed by atoms with van der Waals surface area (Å²) in [6.07, 6.45) is 3.54. The number of nitriles is 2. The number of rotatable bonds is 6. The Balaban J connectivity index is 2.76. The van der Waals surface area contributed by atoms with Crippen molar-refractivity contribution in [3.8, 4) is 12.1 Å².